The third-order valence-electron chi connectivity index (χ3n) is 3.99. The maximum absolute atomic E-state index is 11.7. The van der Waals surface area contributed by atoms with Crippen LogP contribution in [0.3, 0.4) is 0 Å². The number of amides is 1. The fourth-order valence-corrected chi connectivity index (χ4v) is 2.87. The summed E-state index contributed by atoms with van der Waals surface area (Å²) in [6.07, 6.45) is 5.81. The Morgan fingerprint density at radius 3 is 3.05 bits per heavy atom. The van der Waals surface area contributed by atoms with Crippen LogP contribution < -0.4 is 10.1 Å². The summed E-state index contributed by atoms with van der Waals surface area (Å²) in [5.74, 6) is 0.707. The molecule has 0 saturated carbocycles. The monoisotopic (exact) mass is 275 g/mol. The molecule has 4 heteroatoms. The number of fused-ring (bicyclic) bond motifs is 1. The molecule has 0 spiro atoms. The molecule has 1 atom stereocenters. The maximum atomic E-state index is 11.7. The van der Waals surface area contributed by atoms with E-state index in [1.54, 1.807) is 0 Å². The molecule has 0 radical (unpaired) electrons. The Labute approximate surface area is 119 Å². The van der Waals surface area contributed by atoms with E-state index in [0.29, 0.717) is 6.54 Å². The Hall–Kier alpha value is -1.55. The van der Waals surface area contributed by atoms with E-state index in [-0.39, 0.29) is 18.6 Å². The summed E-state index contributed by atoms with van der Waals surface area (Å²) in [4.78, 5) is 11.7. The van der Waals surface area contributed by atoms with Crippen molar-refractivity contribution in [1.82, 2.24) is 5.32 Å². The molecule has 1 fully saturated rings. The Morgan fingerprint density at radius 2 is 2.20 bits per heavy atom. The highest BCUT2D eigenvalue weighted by Crippen LogP contribution is 2.25. The minimum absolute atomic E-state index is 0.0749. The second kappa shape index (κ2) is 6.27. The van der Waals surface area contributed by atoms with E-state index in [2.05, 4.69) is 17.4 Å². The van der Waals surface area contributed by atoms with Gasteiger partial charge >= 0.3 is 0 Å². The molecule has 4 nitrogen and oxygen atoms in total. The third-order valence-corrected chi connectivity index (χ3v) is 3.99. The molecule has 1 aliphatic heterocycles. The molecule has 1 heterocycles. The molecule has 1 saturated heterocycles. The lowest BCUT2D eigenvalue weighted by atomic mass is 10.1. The number of carbonyl (C=O) groups is 1. The van der Waals surface area contributed by atoms with Crippen molar-refractivity contribution in [3.8, 4) is 5.75 Å². The van der Waals surface area contributed by atoms with E-state index < -0.39 is 0 Å². The van der Waals surface area contributed by atoms with Crippen LogP contribution in [0.25, 0.3) is 0 Å². The third kappa shape index (κ3) is 3.31. The van der Waals surface area contributed by atoms with Crippen molar-refractivity contribution in [1.29, 1.82) is 0 Å². The largest absolute Gasteiger partial charge is 0.484 e. The molecular weight excluding hydrogens is 254 g/mol. The van der Waals surface area contributed by atoms with Crippen LogP contribution in [0.5, 0.6) is 5.75 Å². The molecule has 1 aromatic rings. The minimum Gasteiger partial charge on any atom is -0.484 e. The second-order valence-electron chi connectivity index (χ2n) is 5.51. The molecule has 1 N–H and O–H groups in total. The van der Waals surface area contributed by atoms with Crippen LogP contribution in [-0.2, 0) is 22.4 Å². The normalized spacial score (nSPS) is 20.7. The summed E-state index contributed by atoms with van der Waals surface area (Å²) in [7, 11) is 0. The summed E-state index contributed by atoms with van der Waals surface area (Å²) < 4.78 is 11.0. The number of hydrogen-bond donors (Lipinski definition) is 1. The van der Waals surface area contributed by atoms with Gasteiger partial charge < -0.3 is 14.8 Å². The zero-order chi connectivity index (χ0) is 13.8. The van der Waals surface area contributed by atoms with E-state index in [1.807, 2.05) is 6.07 Å². The lowest BCUT2D eigenvalue weighted by Gasteiger charge is -2.12. The van der Waals surface area contributed by atoms with Crippen LogP contribution in [0.15, 0.2) is 18.2 Å². The highest BCUT2D eigenvalue weighted by molar-refractivity contribution is 5.77. The van der Waals surface area contributed by atoms with Crippen molar-refractivity contribution < 1.29 is 14.3 Å². The fraction of sp³-hybridized carbons (Fsp3) is 0.562. The summed E-state index contributed by atoms with van der Waals surface area (Å²) >= 11 is 0. The van der Waals surface area contributed by atoms with Gasteiger partial charge in [-0.2, -0.15) is 0 Å². The highest BCUT2D eigenvalue weighted by Gasteiger charge is 2.16. The van der Waals surface area contributed by atoms with Gasteiger partial charge in [-0.15, -0.1) is 0 Å². The number of rotatable bonds is 5. The van der Waals surface area contributed by atoms with Gasteiger partial charge in [0.2, 0.25) is 0 Å². The first-order valence-corrected chi connectivity index (χ1v) is 7.44. The van der Waals surface area contributed by atoms with E-state index in [1.165, 1.54) is 17.5 Å². The molecule has 108 valence electrons. The van der Waals surface area contributed by atoms with E-state index in [0.717, 1.165) is 38.0 Å². The highest BCUT2D eigenvalue weighted by atomic mass is 16.5. The van der Waals surface area contributed by atoms with Crippen LogP contribution in [0.1, 0.15) is 30.4 Å². The minimum atomic E-state index is -0.0824. The molecule has 0 bridgehead atoms. The van der Waals surface area contributed by atoms with Gasteiger partial charge in [-0.05, 0) is 55.4 Å². The number of aryl methyl sites for hydroxylation is 2. The average Bonchev–Trinajstić information content (AvgIpc) is 3.13. The second-order valence-corrected chi connectivity index (χ2v) is 5.51. The van der Waals surface area contributed by atoms with Gasteiger partial charge in [0.05, 0.1) is 6.10 Å². The van der Waals surface area contributed by atoms with Gasteiger partial charge in [-0.25, -0.2) is 0 Å². The Bertz CT molecular complexity index is 481. The molecule has 1 aliphatic carbocycles. The summed E-state index contributed by atoms with van der Waals surface area (Å²) in [5.41, 5.74) is 2.78. The Balaban J connectivity index is 1.43. The van der Waals surface area contributed by atoms with Gasteiger partial charge in [0, 0.05) is 13.2 Å². The van der Waals surface area contributed by atoms with E-state index in [9.17, 15) is 4.79 Å². The zero-order valence-electron chi connectivity index (χ0n) is 11.7. The summed E-state index contributed by atoms with van der Waals surface area (Å²) in [5, 5.41) is 2.86. The average molecular weight is 275 g/mol. The molecule has 20 heavy (non-hydrogen) atoms. The van der Waals surface area contributed by atoms with Crippen molar-refractivity contribution in [3.63, 3.8) is 0 Å². The predicted molar refractivity (Wildman–Crippen MR) is 75.9 cm³/mol. The first kappa shape index (κ1) is 13.4. The van der Waals surface area contributed by atoms with E-state index >= 15 is 0 Å². The molecule has 1 unspecified atom stereocenters. The van der Waals surface area contributed by atoms with Gasteiger partial charge in [0.25, 0.3) is 5.91 Å². The Morgan fingerprint density at radius 1 is 1.30 bits per heavy atom. The number of benzene rings is 1. The lowest BCUT2D eigenvalue weighted by molar-refractivity contribution is -0.123. The van der Waals surface area contributed by atoms with Crippen LogP contribution in [0.4, 0.5) is 0 Å². The van der Waals surface area contributed by atoms with Crippen LogP contribution in [-0.4, -0.2) is 31.8 Å². The van der Waals surface area contributed by atoms with Gasteiger partial charge in [-0.1, -0.05) is 6.07 Å². The number of carbonyl (C=O) groups excluding carboxylic acids is 1. The number of hydrogen-bond acceptors (Lipinski definition) is 3. The van der Waals surface area contributed by atoms with E-state index in [4.69, 9.17) is 9.47 Å². The topological polar surface area (TPSA) is 47.6 Å². The molecule has 2 aliphatic rings. The molecule has 0 aromatic heterocycles. The lowest BCUT2D eigenvalue weighted by Crippen LogP contribution is -2.35. The van der Waals surface area contributed by atoms with Gasteiger partial charge in [0.15, 0.2) is 6.61 Å². The van der Waals surface area contributed by atoms with Gasteiger partial charge in [-0.3, -0.25) is 4.79 Å². The van der Waals surface area contributed by atoms with Crippen LogP contribution >= 0.6 is 0 Å². The van der Waals surface area contributed by atoms with Crippen molar-refractivity contribution in [2.75, 3.05) is 19.8 Å². The molecular formula is C16H21NO3. The smallest absolute Gasteiger partial charge is 0.258 e. The standard InChI is InChI=1S/C16H21NO3/c18-16(17-10-15-5-2-8-19-15)11-20-14-7-6-12-3-1-4-13(12)9-14/h6-7,9,15H,1-5,8,10-11H2,(H,17,18). The van der Waals surface area contributed by atoms with Crippen LogP contribution in [0, 0.1) is 0 Å². The molecule has 3 rings (SSSR count). The fourth-order valence-electron chi connectivity index (χ4n) is 2.87. The molecule has 1 aromatic carbocycles. The SMILES string of the molecule is O=C(COc1ccc2c(c1)CCC2)NCC1CCCO1. The molecule has 1 amide bonds. The quantitative estimate of drug-likeness (QED) is 0.892. The zero-order valence-corrected chi connectivity index (χ0v) is 11.7. The van der Waals surface area contributed by atoms with Crippen molar-refractivity contribution in [2.45, 2.75) is 38.2 Å². The number of nitrogens with one attached hydrogen (secondary N) is 1. The van der Waals surface area contributed by atoms with Crippen LogP contribution in [0.2, 0.25) is 0 Å². The van der Waals surface area contributed by atoms with Crippen molar-refractivity contribution in [3.05, 3.63) is 29.3 Å². The van der Waals surface area contributed by atoms with Crippen molar-refractivity contribution >= 4 is 5.91 Å². The van der Waals surface area contributed by atoms with Gasteiger partial charge in [0.1, 0.15) is 5.75 Å². The predicted octanol–water partition coefficient (Wildman–Crippen LogP) is 1.85. The maximum Gasteiger partial charge on any atom is 0.258 e. The summed E-state index contributed by atoms with van der Waals surface area (Å²) in [6.45, 7) is 1.48. The first-order chi connectivity index (χ1) is 9.81. The Kier molecular flexibility index (Phi) is 4.21. The number of ether oxygens (including phenoxy) is 2. The van der Waals surface area contributed by atoms with Crippen molar-refractivity contribution in [2.24, 2.45) is 0 Å². The first-order valence-electron chi connectivity index (χ1n) is 7.44. The summed E-state index contributed by atoms with van der Waals surface area (Å²) in [6, 6.07) is 6.13.